The molecule has 0 fully saturated rings. The summed E-state index contributed by atoms with van der Waals surface area (Å²) in [4.78, 5) is 11.0. The lowest BCUT2D eigenvalue weighted by Crippen LogP contribution is -2.23. The quantitative estimate of drug-likeness (QED) is 0.697. The Hall–Kier alpha value is -1.85. The number of anilines is 1. The summed E-state index contributed by atoms with van der Waals surface area (Å²) in [6.45, 7) is 6.43. The summed E-state index contributed by atoms with van der Waals surface area (Å²) in [5, 5.41) is 6.63. The molecule has 1 aromatic carbocycles. The van der Waals surface area contributed by atoms with Gasteiger partial charge in [0, 0.05) is 28.7 Å². The van der Waals surface area contributed by atoms with E-state index in [-0.39, 0.29) is 0 Å². The van der Waals surface area contributed by atoms with Crippen LogP contribution in [0.5, 0.6) is 0 Å². The van der Waals surface area contributed by atoms with Crippen molar-refractivity contribution in [3.8, 4) is 0 Å². The summed E-state index contributed by atoms with van der Waals surface area (Å²) >= 11 is 12.5. The summed E-state index contributed by atoms with van der Waals surface area (Å²) in [5.74, 6) is 0.900. The third-order valence-corrected chi connectivity index (χ3v) is 4.55. The molecule has 0 bridgehead atoms. The second-order valence-electron chi connectivity index (χ2n) is 5.11. The molecule has 0 spiro atoms. The summed E-state index contributed by atoms with van der Waals surface area (Å²) in [7, 11) is 0. The van der Waals surface area contributed by atoms with Crippen LogP contribution in [0.4, 0.5) is 5.82 Å². The highest BCUT2D eigenvalue weighted by molar-refractivity contribution is 6.36. The first-order valence-electron chi connectivity index (χ1n) is 7.50. The van der Waals surface area contributed by atoms with Gasteiger partial charge in [-0.15, -0.1) is 0 Å². The average Bonchev–Trinajstić information content (AvgIpc) is 2.96. The molecule has 0 unspecified atom stereocenters. The molecule has 0 N–H and O–H groups in total. The van der Waals surface area contributed by atoms with Crippen molar-refractivity contribution < 1.29 is 0 Å². The maximum absolute atomic E-state index is 6.26. The van der Waals surface area contributed by atoms with E-state index in [1.54, 1.807) is 17.2 Å². The largest absolute Gasteiger partial charge is 0.356 e. The Morgan fingerprint density at radius 3 is 2.43 bits per heavy atom. The van der Waals surface area contributed by atoms with Crippen molar-refractivity contribution in [2.75, 3.05) is 18.0 Å². The topological polar surface area (TPSA) is 46.8 Å². The fourth-order valence-electron chi connectivity index (χ4n) is 2.60. The van der Waals surface area contributed by atoms with Gasteiger partial charge in [0.2, 0.25) is 0 Å². The van der Waals surface area contributed by atoms with Gasteiger partial charge in [0.1, 0.15) is 12.1 Å². The fraction of sp³-hybridized carbons (Fsp3) is 0.312. The number of rotatable bonds is 5. The molecule has 3 aromatic rings. The lowest BCUT2D eigenvalue weighted by Gasteiger charge is -2.19. The third kappa shape index (κ3) is 2.99. The van der Waals surface area contributed by atoms with Gasteiger partial charge < -0.3 is 4.90 Å². The molecule has 0 aliphatic rings. The summed E-state index contributed by atoms with van der Waals surface area (Å²) in [6.07, 6.45) is 3.37. The maximum Gasteiger partial charge on any atom is 0.163 e. The minimum Gasteiger partial charge on any atom is -0.356 e. The molecule has 3 rings (SSSR count). The first kappa shape index (κ1) is 16.0. The minimum atomic E-state index is 0.469. The Kier molecular flexibility index (Phi) is 4.68. The molecule has 0 radical (unpaired) electrons. The van der Waals surface area contributed by atoms with Crippen molar-refractivity contribution in [2.45, 2.75) is 20.4 Å². The van der Waals surface area contributed by atoms with Gasteiger partial charge in [0.15, 0.2) is 5.65 Å². The van der Waals surface area contributed by atoms with Crippen molar-refractivity contribution in [1.82, 2.24) is 19.7 Å². The standard InChI is InChI=1S/C16H17Cl2N5/c1-3-22(4-2)15-11-8-21-23(16(11)20-10-19-15)9-12-13(17)6-5-7-14(12)18/h5-8,10H,3-4,9H2,1-2H3. The Labute approximate surface area is 144 Å². The van der Waals surface area contributed by atoms with Gasteiger partial charge in [-0.1, -0.05) is 29.3 Å². The van der Waals surface area contributed by atoms with Crippen LogP contribution in [0.15, 0.2) is 30.7 Å². The summed E-state index contributed by atoms with van der Waals surface area (Å²) in [5.41, 5.74) is 1.61. The van der Waals surface area contributed by atoms with Crippen LogP contribution in [0.3, 0.4) is 0 Å². The normalized spacial score (nSPS) is 11.1. The van der Waals surface area contributed by atoms with Gasteiger partial charge >= 0.3 is 0 Å². The zero-order valence-corrected chi connectivity index (χ0v) is 14.5. The molecular formula is C16H17Cl2N5. The minimum absolute atomic E-state index is 0.469. The summed E-state index contributed by atoms with van der Waals surface area (Å²) in [6, 6.07) is 5.48. The van der Waals surface area contributed by atoms with Gasteiger partial charge in [-0.3, -0.25) is 0 Å². The maximum atomic E-state index is 6.26. The number of aromatic nitrogens is 4. The Balaban J connectivity index is 2.05. The molecular weight excluding hydrogens is 333 g/mol. The first-order valence-corrected chi connectivity index (χ1v) is 8.25. The van der Waals surface area contributed by atoms with Crippen molar-refractivity contribution >= 4 is 40.1 Å². The molecule has 0 aliphatic heterocycles. The smallest absolute Gasteiger partial charge is 0.163 e. The van der Waals surface area contributed by atoms with E-state index >= 15 is 0 Å². The highest BCUT2D eigenvalue weighted by Crippen LogP contribution is 2.27. The second kappa shape index (κ2) is 6.72. The molecule has 0 atom stereocenters. The highest BCUT2D eigenvalue weighted by atomic mass is 35.5. The molecule has 0 saturated carbocycles. The monoisotopic (exact) mass is 349 g/mol. The van der Waals surface area contributed by atoms with Gasteiger partial charge in [0.05, 0.1) is 18.1 Å². The fourth-order valence-corrected chi connectivity index (χ4v) is 3.12. The number of hydrogen-bond acceptors (Lipinski definition) is 4. The van der Waals surface area contributed by atoms with Crippen molar-refractivity contribution in [3.05, 3.63) is 46.3 Å². The molecule has 5 nitrogen and oxygen atoms in total. The van der Waals surface area contributed by atoms with E-state index in [9.17, 15) is 0 Å². The van der Waals surface area contributed by atoms with Crippen molar-refractivity contribution in [3.63, 3.8) is 0 Å². The van der Waals surface area contributed by atoms with Gasteiger partial charge in [-0.25, -0.2) is 14.6 Å². The predicted molar refractivity (Wildman–Crippen MR) is 94.4 cm³/mol. The van der Waals surface area contributed by atoms with Crippen LogP contribution in [0.1, 0.15) is 19.4 Å². The van der Waals surface area contributed by atoms with Gasteiger partial charge in [-0.05, 0) is 26.0 Å². The predicted octanol–water partition coefficient (Wildman–Crippen LogP) is 4.03. The molecule has 2 heterocycles. The highest BCUT2D eigenvalue weighted by Gasteiger charge is 2.15. The van der Waals surface area contributed by atoms with Crippen molar-refractivity contribution in [2.24, 2.45) is 0 Å². The molecule has 0 amide bonds. The van der Waals surface area contributed by atoms with E-state index in [1.165, 1.54) is 0 Å². The van der Waals surface area contributed by atoms with E-state index in [1.807, 2.05) is 18.2 Å². The molecule has 0 saturated heterocycles. The van der Waals surface area contributed by atoms with E-state index in [0.717, 1.165) is 35.5 Å². The van der Waals surface area contributed by atoms with Crippen LogP contribution >= 0.6 is 23.2 Å². The molecule has 120 valence electrons. The van der Waals surface area contributed by atoms with Crippen LogP contribution < -0.4 is 4.90 Å². The molecule has 7 heteroatoms. The Morgan fingerprint density at radius 2 is 1.78 bits per heavy atom. The number of fused-ring (bicyclic) bond motifs is 1. The van der Waals surface area contributed by atoms with Crippen LogP contribution in [0.25, 0.3) is 11.0 Å². The second-order valence-corrected chi connectivity index (χ2v) is 5.92. The SMILES string of the molecule is CCN(CC)c1ncnc2c1cnn2Cc1c(Cl)cccc1Cl. The van der Waals surface area contributed by atoms with E-state index < -0.39 is 0 Å². The van der Waals surface area contributed by atoms with E-state index in [2.05, 4.69) is 33.8 Å². The lowest BCUT2D eigenvalue weighted by molar-refractivity contribution is 0.704. The zero-order chi connectivity index (χ0) is 16.4. The van der Waals surface area contributed by atoms with Crippen LogP contribution in [-0.2, 0) is 6.54 Å². The number of benzene rings is 1. The van der Waals surface area contributed by atoms with Crippen molar-refractivity contribution in [1.29, 1.82) is 0 Å². The lowest BCUT2D eigenvalue weighted by atomic mass is 10.2. The molecule has 0 aliphatic carbocycles. The number of halogens is 2. The molecule has 23 heavy (non-hydrogen) atoms. The number of nitrogens with zero attached hydrogens (tertiary/aromatic N) is 5. The Bertz CT molecular complexity index is 806. The van der Waals surface area contributed by atoms with Crippen LogP contribution in [0, 0.1) is 0 Å². The van der Waals surface area contributed by atoms with Crippen LogP contribution in [0.2, 0.25) is 10.0 Å². The Morgan fingerprint density at radius 1 is 1.09 bits per heavy atom. The first-order chi connectivity index (χ1) is 11.2. The zero-order valence-electron chi connectivity index (χ0n) is 13.0. The molecule has 2 aromatic heterocycles. The number of hydrogen-bond donors (Lipinski definition) is 0. The van der Waals surface area contributed by atoms with Gasteiger partial charge in [-0.2, -0.15) is 5.10 Å². The van der Waals surface area contributed by atoms with Crippen LogP contribution in [-0.4, -0.2) is 32.8 Å². The third-order valence-electron chi connectivity index (χ3n) is 3.85. The van der Waals surface area contributed by atoms with E-state index in [4.69, 9.17) is 23.2 Å². The van der Waals surface area contributed by atoms with Gasteiger partial charge in [0.25, 0.3) is 0 Å². The average molecular weight is 350 g/mol. The van der Waals surface area contributed by atoms with E-state index in [0.29, 0.717) is 16.6 Å². The summed E-state index contributed by atoms with van der Waals surface area (Å²) < 4.78 is 1.80.